The molecule has 3 atom stereocenters. The molecule has 2 nitrogen and oxygen atoms in total. The highest BCUT2D eigenvalue weighted by Gasteiger charge is 2.35. The molecule has 1 aliphatic rings. The minimum atomic E-state index is 0.239. The van der Waals surface area contributed by atoms with E-state index in [0.717, 1.165) is 18.8 Å². The second-order valence-electron chi connectivity index (χ2n) is 6.20. The molecule has 0 spiro atoms. The minimum absolute atomic E-state index is 0.239. The normalized spacial score (nSPS) is 32.4. The van der Waals surface area contributed by atoms with Gasteiger partial charge in [0.2, 0.25) is 0 Å². The second-order valence-corrected chi connectivity index (χ2v) is 6.20. The van der Waals surface area contributed by atoms with Crippen LogP contribution in [0.5, 0.6) is 0 Å². The van der Waals surface area contributed by atoms with Crippen LogP contribution in [0, 0.1) is 5.92 Å². The lowest BCUT2D eigenvalue weighted by Gasteiger charge is -2.40. The van der Waals surface area contributed by atoms with Crippen molar-refractivity contribution >= 4 is 0 Å². The van der Waals surface area contributed by atoms with Gasteiger partial charge in [-0.25, -0.2) is 0 Å². The Labute approximate surface area is 111 Å². The molecule has 0 saturated heterocycles. The highest BCUT2D eigenvalue weighted by atomic mass is 16.5. The van der Waals surface area contributed by atoms with Crippen LogP contribution in [0.4, 0.5) is 0 Å². The van der Waals surface area contributed by atoms with Crippen molar-refractivity contribution in [2.45, 2.75) is 51.2 Å². The highest BCUT2D eigenvalue weighted by Crippen LogP contribution is 2.41. The van der Waals surface area contributed by atoms with Crippen molar-refractivity contribution in [3.63, 3.8) is 0 Å². The Kier molecular flexibility index (Phi) is 4.08. The lowest BCUT2D eigenvalue weighted by Crippen LogP contribution is -2.40. The summed E-state index contributed by atoms with van der Waals surface area (Å²) in [4.78, 5) is 0. The van der Waals surface area contributed by atoms with Crippen LogP contribution in [-0.4, -0.2) is 13.2 Å². The molecule has 18 heavy (non-hydrogen) atoms. The third-order valence-corrected chi connectivity index (χ3v) is 4.18. The fraction of sp³-hybridized carbons (Fsp3) is 0.625. The molecule has 0 aliphatic heterocycles. The van der Waals surface area contributed by atoms with Gasteiger partial charge in [-0.15, -0.1) is 0 Å². The number of hydrogen-bond acceptors (Lipinski definition) is 2. The molecule has 100 valence electrons. The number of nitrogens with two attached hydrogens (primary N) is 1. The van der Waals surface area contributed by atoms with Crippen LogP contribution in [0.3, 0.4) is 0 Å². The van der Waals surface area contributed by atoms with E-state index in [0.29, 0.717) is 12.6 Å². The predicted molar refractivity (Wildman–Crippen MR) is 75.5 cm³/mol. The van der Waals surface area contributed by atoms with E-state index in [9.17, 15) is 0 Å². The van der Waals surface area contributed by atoms with Crippen LogP contribution in [0.15, 0.2) is 24.3 Å². The third kappa shape index (κ3) is 2.93. The van der Waals surface area contributed by atoms with Crippen LogP contribution in [0.25, 0.3) is 0 Å². The monoisotopic (exact) mass is 247 g/mol. The van der Waals surface area contributed by atoms with E-state index in [2.05, 4.69) is 38.1 Å². The van der Waals surface area contributed by atoms with Crippen molar-refractivity contribution in [3.8, 4) is 0 Å². The van der Waals surface area contributed by atoms with Gasteiger partial charge in [-0.2, -0.15) is 0 Å². The van der Waals surface area contributed by atoms with Crippen LogP contribution in [-0.2, 0) is 16.8 Å². The van der Waals surface area contributed by atoms with Gasteiger partial charge in [0.05, 0.1) is 6.61 Å². The van der Waals surface area contributed by atoms with E-state index in [4.69, 9.17) is 10.5 Å². The summed E-state index contributed by atoms with van der Waals surface area (Å²) < 4.78 is 5.15. The maximum Gasteiger partial charge on any atom is 0.0713 e. The molecule has 1 aromatic carbocycles. The van der Waals surface area contributed by atoms with Crippen LogP contribution in [0.1, 0.15) is 44.2 Å². The largest absolute Gasteiger partial charge is 0.380 e. The van der Waals surface area contributed by atoms with E-state index >= 15 is 0 Å². The van der Waals surface area contributed by atoms with E-state index in [1.807, 2.05) is 0 Å². The molecule has 0 heterocycles. The lowest BCUT2D eigenvalue weighted by atomic mass is 9.66. The van der Waals surface area contributed by atoms with Gasteiger partial charge >= 0.3 is 0 Å². The van der Waals surface area contributed by atoms with Crippen LogP contribution in [0.2, 0.25) is 0 Å². The smallest absolute Gasteiger partial charge is 0.0713 e. The standard InChI is InChI=1S/C16H25NO/c1-12-8-15(17)10-16(2,9-12)14-6-4-13(5-7-14)11-18-3/h4-7,12,15H,8-11,17H2,1-3H3/t12-,15+,16+/m1/s1. The number of ether oxygens (including phenoxy) is 1. The Balaban J connectivity index is 2.18. The minimum Gasteiger partial charge on any atom is -0.380 e. The molecule has 2 heteroatoms. The Bertz CT molecular complexity index is 375. The number of hydrogen-bond donors (Lipinski definition) is 1. The molecule has 1 aromatic rings. The first-order valence-electron chi connectivity index (χ1n) is 6.87. The number of methoxy groups -OCH3 is 1. The first kappa shape index (κ1) is 13.6. The molecule has 0 aromatic heterocycles. The number of benzene rings is 1. The molecule has 2 N–H and O–H groups in total. The summed E-state index contributed by atoms with van der Waals surface area (Å²) in [6, 6.07) is 9.19. The van der Waals surface area contributed by atoms with Gasteiger partial charge in [-0.1, -0.05) is 38.1 Å². The number of rotatable bonds is 3. The van der Waals surface area contributed by atoms with Gasteiger partial charge in [-0.05, 0) is 41.7 Å². The van der Waals surface area contributed by atoms with Gasteiger partial charge in [0.25, 0.3) is 0 Å². The van der Waals surface area contributed by atoms with E-state index < -0.39 is 0 Å². The van der Waals surface area contributed by atoms with E-state index in [1.165, 1.54) is 17.5 Å². The van der Waals surface area contributed by atoms with E-state index in [-0.39, 0.29) is 5.41 Å². The average Bonchev–Trinajstić information content (AvgIpc) is 2.28. The molecule has 1 saturated carbocycles. The van der Waals surface area contributed by atoms with Gasteiger partial charge in [-0.3, -0.25) is 0 Å². The Morgan fingerprint density at radius 2 is 1.94 bits per heavy atom. The predicted octanol–water partition coefficient (Wildman–Crippen LogP) is 3.24. The molecule has 0 amide bonds. The maximum absolute atomic E-state index is 6.20. The molecular weight excluding hydrogens is 222 g/mol. The lowest BCUT2D eigenvalue weighted by molar-refractivity contribution is 0.184. The molecular formula is C16H25NO. The Morgan fingerprint density at radius 3 is 2.50 bits per heavy atom. The topological polar surface area (TPSA) is 35.2 Å². The zero-order chi connectivity index (χ0) is 13.2. The van der Waals surface area contributed by atoms with Crippen molar-refractivity contribution in [1.29, 1.82) is 0 Å². The zero-order valence-electron chi connectivity index (χ0n) is 11.8. The average molecular weight is 247 g/mol. The summed E-state index contributed by atoms with van der Waals surface area (Å²) in [5.74, 6) is 0.720. The maximum atomic E-state index is 6.20. The van der Waals surface area contributed by atoms with Gasteiger partial charge in [0.1, 0.15) is 0 Å². The quantitative estimate of drug-likeness (QED) is 0.890. The van der Waals surface area contributed by atoms with Crippen LogP contribution >= 0.6 is 0 Å². The van der Waals surface area contributed by atoms with Crippen molar-refractivity contribution in [2.24, 2.45) is 11.7 Å². The van der Waals surface area contributed by atoms with E-state index in [1.54, 1.807) is 7.11 Å². The molecule has 1 fully saturated rings. The zero-order valence-corrected chi connectivity index (χ0v) is 11.8. The van der Waals surface area contributed by atoms with Gasteiger partial charge in [0.15, 0.2) is 0 Å². The SMILES string of the molecule is COCc1ccc([C@@]2(C)C[C@H](C)C[C@H](N)C2)cc1. The van der Waals surface area contributed by atoms with Crippen molar-refractivity contribution in [2.75, 3.05) is 7.11 Å². The second kappa shape index (κ2) is 5.41. The Hall–Kier alpha value is -0.860. The van der Waals surface area contributed by atoms with Gasteiger partial charge < -0.3 is 10.5 Å². The van der Waals surface area contributed by atoms with Crippen molar-refractivity contribution < 1.29 is 4.74 Å². The van der Waals surface area contributed by atoms with Crippen molar-refractivity contribution in [1.82, 2.24) is 0 Å². The Morgan fingerprint density at radius 1 is 1.28 bits per heavy atom. The fourth-order valence-electron chi connectivity index (χ4n) is 3.52. The molecule has 0 radical (unpaired) electrons. The first-order valence-corrected chi connectivity index (χ1v) is 6.87. The summed E-state index contributed by atoms with van der Waals surface area (Å²) in [7, 11) is 1.73. The summed E-state index contributed by atoms with van der Waals surface area (Å²) >= 11 is 0. The molecule has 0 unspecified atom stereocenters. The summed E-state index contributed by atoms with van der Waals surface area (Å²) in [6.45, 7) is 5.36. The third-order valence-electron chi connectivity index (χ3n) is 4.18. The molecule has 1 aliphatic carbocycles. The summed E-state index contributed by atoms with van der Waals surface area (Å²) in [5, 5.41) is 0. The van der Waals surface area contributed by atoms with Crippen LogP contribution < -0.4 is 5.73 Å². The molecule has 0 bridgehead atoms. The molecule has 2 rings (SSSR count). The van der Waals surface area contributed by atoms with Crippen molar-refractivity contribution in [3.05, 3.63) is 35.4 Å². The highest BCUT2D eigenvalue weighted by molar-refractivity contribution is 5.29. The summed E-state index contributed by atoms with van der Waals surface area (Å²) in [6.07, 6.45) is 3.50. The fourth-order valence-corrected chi connectivity index (χ4v) is 3.52. The summed E-state index contributed by atoms with van der Waals surface area (Å²) in [5.41, 5.74) is 9.09. The van der Waals surface area contributed by atoms with Gasteiger partial charge in [0, 0.05) is 13.2 Å². The first-order chi connectivity index (χ1) is 8.53.